The van der Waals surface area contributed by atoms with Gasteiger partial charge in [-0.3, -0.25) is 4.79 Å². The lowest BCUT2D eigenvalue weighted by Gasteiger charge is -2.08. The van der Waals surface area contributed by atoms with Crippen LogP contribution >= 0.6 is 0 Å². The van der Waals surface area contributed by atoms with Gasteiger partial charge in [-0.1, -0.05) is 6.07 Å². The van der Waals surface area contributed by atoms with Crippen LogP contribution < -0.4 is 5.73 Å². The van der Waals surface area contributed by atoms with E-state index in [1.54, 1.807) is 0 Å². The van der Waals surface area contributed by atoms with Crippen molar-refractivity contribution < 1.29 is 24.5 Å². The van der Waals surface area contributed by atoms with Crippen molar-refractivity contribution >= 4 is 5.97 Å². The Hall–Kier alpha value is -1.82. The monoisotopic (exact) mass is 215 g/mol. The lowest BCUT2D eigenvalue weighted by atomic mass is 10.1. The molecule has 0 saturated carbocycles. The molecule has 5 N–H and O–H groups in total. The Morgan fingerprint density at radius 2 is 2.07 bits per heavy atom. The van der Waals surface area contributed by atoms with Gasteiger partial charge in [-0.05, 0) is 11.6 Å². The molecule has 0 bridgehead atoms. The number of rotatable bonds is 3. The summed E-state index contributed by atoms with van der Waals surface area (Å²) < 4.78 is 13.2. The van der Waals surface area contributed by atoms with Crippen molar-refractivity contribution in [1.82, 2.24) is 0 Å². The van der Waals surface area contributed by atoms with E-state index in [4.69, 9.17) is 21.1 Å². The Morgan fingerprint density at radius 3 is 2.60 bits per heavy atom. The van der Waals surface area contributed by atoms with Crippen LogP contribution in [-0.2, 0) is 11.2 Å². The molecule has 0 radical (unpaired) electrons. The first kappa shape index (κ1) is 11.3. The van der Waals surface area contributed by atoms with E-state index in [-0.39, 0.29) is 12.0 Å². The van der Waals surface area contributed by atoms with Crippen molar-refractivity contribution in [2.24, 2.45) is 5.73 Å². The number of nitrogens with two attached hydrogens (primary N) is 1. The van der Waals surface area contributed by atoms with Gasteiger partial charge in [-0.2, -0.15) is 0 Å². The zero-order valence-corrected chi connectivity index (χ0v) is 7.64. The Kier molecular flexibility index (Phi) is 3.11. The van der Waals surface area contributed by atoms with E-state index < -0.39 is 29.3 Å². The van der Waals surface area contributed by atoms with E-state index in [2.05, 4.69) is 0 Å². The van der Waals surface area contributed by atoms with Crippen LogP contribution in [0.5, 0.6) is 11.5 Å². The third kappa shape index (κ3) is 2.35. The summed E-state index contributed by atoms with van der Waals surface area (Å²) in [5, 5.41) is 26.5. The number of carbonyl (C=O) groups is 1. The molecule has 1 aromatic carbocycles. The van der Waals surface area contributed by atoms with Crippen molar-refractivity contribution in [2.75, 3.05) is 0 Å². The summed E-state index contributed by atoms with van der Waals surface area (Å²) in [6.07, 6.45) is -0.255. The van der Waals surface area contributed by atoms with Crippen LogP contribution in [0.1, 0.15) is 5.56 Å². The number of benzene rings is 1. The van der Waals surface area contributed by atoms with Crippen molar-refractivity contribution in [3.8, 4) is 11.5 Å². The molecule has 1 aromatic rings. The summed E-state index contributed by atoms with van der Waals surface area (Å²) in [6.45, 7) is 0. The van der Waals surface area contributed by atoms with Gasteiger partial charge in [0.2, 0.25) is 0 Å². The van der Waals surface area contributed by atoms with Crippen LogP contribution in [0.25, 0.3) is 0 Å². The first-order valence-electron chi connectivity index (χ1n) is 4.11. The maximum Gasteiger partial charge on any atom is 0.320 e. The topological polar surface area (TPSA) is 104 Å². The molecule has 1 rings (SSSR count). The normalized spacial score (nSPS) is 12.4. The third-order valence-electron chi connectivity index (χ3n) is 1.93. The van der Waals surface area contributed by atoms with Crippen molar-refractivity contribution in [3.05, 3.63) is 23.5 Å². The first-order chi connectivity index (χ1) is 6.93. The molecule has 0 unspecified atom stereocenters. The molecule has 15 heavy (non-hydrogen) atoms. The highest BCUT2D eigenvalue weighted by atomic mass is 19.1. The van der Waals surface area contributed by atoms with Gasteiger partial charge in [0.1, 0.15) is 6.04 Å². The zero-order valence-electron chi connectivity index (χ0n) is 7.64. The lowest BCUT2D eigenvalue weighted by molar-refractivity contribution is -0.138. The van der Waals surface area contributed by atoms with E-state index in [0.717, 1.165) is 6.07 Å². The number of phenolic OH excluding ortho intramolecular Hbond substituents is 2. The predicted molar refractivity (Wildman–Crippen MR) is 49.0 cm³/mol. The number of hydrogen-bond donors (Lipinski definition) is 4. The second-order valence-corrected chi connectivity index (χ2v) is 3.06. The average Bonchev–Trinajstić information content (AvgIpc) is 2.18. The van der Waals surface area contributed by atoms with Crippen molar-refractivity contribution in [1.29, 1.82) is 0 Å². The molecule has 1 atom stereocenters. The molecule has 0 aromatic heterocycles. The number of halogens is 1. The molecular formula is C9H10FNO4. The van der Waals surface area contributed by atoms with Gasteiger partial charge < -0.3 is 21.1 Å². The Bertz CT molecular complexity index is 394. The number of hydrogen-bond acceptors (Lipinski definition) is 4. The number of carboxylic acids is 1. The van der Waals surface area contributed by atoms with Gasteiger partial charge >= 0.3 is 5.97 Å². The fourth-order valence-corrected chi connectivity index (χ4v) is 1.08. The van der Waals surface area contributed by atoms with Crippen LogP contribution in [0.4, 0.5) is 4.39 Å². The largest absolute Gasteiger partial charge is 0.504 e. The van der Waals surface area contributed by atoms with E-state index in [9.17, 15) is 9.18 Å². The van der Waals surface area contributed by atoms with Crippen LogP contribution in [0.15, 0.2) is 12.1 Å². The number of aromatic hydroxyl groups is 2. The predicted octanol–water partition coefficient (Wildman–Crippen LogP) is 0.191. The maximum absolute atomic E-state index is 13.2. The van der Waals surface area contributed by atoms with Gasteiger partial charge in [-0.15, -0.1) is 0 Å². The summed E-state index contributed by atoms with van der Waals surface area (Å²) >= 11 is 0. The van der Waals surface area contributed by atoms with E-state index in [1.165, 1.54) is 6.07 Å². The number of phenols is 2. The SMILES string of the molecule is N[C@H](Cc1ccc(O)c(O)c1F)C(=O)O. The third-order valence-corrected chi connectivity index (χ3v) is 1.93. The Labute approximate surface area is 84.6 Å². The minimum atomic E-state index is -1.26. The van der Waals surface area contributed by atoms with Crippen LogP contribution in [0, 0.1) is 5.82 Å². The van der Waals surface area contributed by atoms with Gasteiger partial charge in [0, 0.05) is 6.42 Å². The quantitative estimate of drug-likeness (QED) is 0.539. The summed E-state index contributed by atoms with van der Waals surface area (Å²) in [7, 11) is 0. The second-order valence-electron chi connectivity index (χ2n) is 3.06. The molecule has 0 amide bonds. The van der Waals surface area contributed by atoms with Crippen molar-refractivity contribution in [3.63, 3.8) is 0 Å². The smallest absolute Gasteiger partial charge is 0.320 e. The molecule has 0 aliphatic carbocycles. The van der Waals surface area contributed by atoms with Gasteiger partial charge in [-0.25, -0.2) is 4.39 Å². The maximum atomic E-state index is 13.2. The molecule has 0 fully saturated rings. The molecule has 0 aliphatic rings. The minimum Gasteiger partial charge on any atom is -0.504 e. The number of aliphatic carboxylic acids is 1. The molecule has 0 spiro atoms. The Morgan fingerprint density at radius 1 is 1.47 bits per heavy atom. The van der Waals surface area contributed by atoms with Gasteiger partial charge in [0.05, 0.1) is 0 Å². The van der Waals surface area contributed by atoms with Crippen LogP contribution in [-0.4, -0.2) is 27.3 Å². The van der Waals surface area contributed by atoms with E-state index in [1.807, 2.05) is 0 Å². The average molecular weight is 215 g/mol. The second kappa shape index (κ2) is 4.14. The fourth-order valence-electron chi connectivity index (χ4n) is 1.08. The highest BCUT2D eigenvalue weighted by Crippen LogP contribution is 2.30. The number of carboxylic acid groups (broad SMARTS) is 1. The van der Waals surface area contributed by atoms with Gasteiger partial charge in [0.25, 0.3) is 0 Å². The Balaban J connectivity index is 2.97. The van der Waals surface area contributed by atoms with Crippen molar-refractivity contribution in [2.45, 2.75) is 12.5 Å². The van der Waals surface area contributed by atoms with E-state index in [0.29, 0.717) is 0 Å². The molecule has 5 nitrogen and oxygen atoms in total. The molecular weight excluding hydrogens is 205 g/mol. The first-order valence-corrected chi connectivity index (χ1v) is 4.11. The fraction of sp³-hybridized carbons (Fsp3) is 0.222. The molecule has 82 valence electrons. The molecule has 0 aliphatic heterocycles. The zero-order chi connectivity index (χ0) is 11.6. The molecule has 0 heterocycles. The van der Waals surface area contributed by atoms with Crippen LogP contribution in [0.2, 0.25) is 0 Å². The minimum absolute atomic E-state index is 0.0554. The van der Waals surface area contributed by atoms with Crippen LogP contribution in [0.3, 0.4) is 0 Å². The summed E-state index contributed by atoms with van der Waals surface area (Å²) in [5.41, 5.74) is 5.14. The molecule has 6 heteroatoms. The standard InChI is InChI=1S/C9H10FNO4/c10-7-4(3-5(11)9(14)15)1-2-6(12)8(7)13/h1-2,5,12-13H,3,11H2,(H,14,15)/t5-/m1/s1. The molecule has 0 saturated heterocycles. The summed E-state index contributed by atoms with van der Waals surface area (Å²) in [5.74, 6) is -3.81. The highest BCUT2D eigenvalue weighted by molar-refractivity contribution is 5.73. The lowest BCUT2D eigenvalue weighted by Crippen LogP contribution is -2.32. The summed E-state index contributed by atoms with van der Waals surface area (Å²) in [6, 6.07) is 0.999. The summed E-state index contributed by atoms with van der Waals surface area (Å²) in [4.78, 5) is 10.4. The highest BCUT2D eigenvalue weighted by Gasteiger charge is 2.18. The van der Waals surface area contributed by atoms with E-state index >= 15 is 0 Å². The van der Waals surface area contributed by atoms with Gasteiger partial charge in [0.15, 0.2) is 17.3 Å².